The van der Waals surface area contributed by atoms with Crippen molar-refractivity contribution < 1.29 is 4.79 Å². The number of anilines is 1. The molecule has 20 heavy (non-hydrogen) atoms. The Morgan fingerprint density at radius 3 is 2.70 bits per heavy atom. The van der Waals surface area contributed by atoms with Gasteiger partial charge in [0.05, 0.1) is 5.69 Å². The van der Waals surface area contributed by atoms with E-state index in [1.54, 1.807) is 11.3 Å². The highest BCUT2D eigenvalue weighted by Crippen LogP contribution is 2.34. The fourth-order valence-corrected chi connectivity index (χ4v) is 3.22. The number of thiazole rings is 1. The second-order valence-electron chi connectivity index (χ2n) is 4.91. The predicted octanol–water partition coefficient (Wildman–Crippen LogP) is 4.48. The van der Waals surface area contributed by atoms with Gasteiger partial charge in [0.2, 0.25) is 5.91 Å². The number of benzene rings is 1. The molecule has 1 amide bonds. The highest BCUT2D eigenvalue weighted by molar-refractivity contribution is 9.10. The molecular formula is C15H15BrN2OS. The summed E-state index contributed by atoms with van der Waals surface area (Å²) in [7, 11) is 0. The van der Waals surface area contributed by atoms with E-state index < -0.39 is 0 Å². The highest BCUT2D eigenvalue weighted by Gasteiger charge is 2.30. The quantitative estimate of drug-likeness (QED) is 0.882. The van der Waals surface area contributed by atoms with E-state index in [0.29, 0.717) is 0 Å². The van der Waals surface area contributed by atoms with E-state index in [4.69, 9.17) is 0 Å². The van der Waals surface area contributed by atoms with Crippen LogP contribution in [-0.2, 0) is 11.2 Å². The Balaban J connectivity index is 1.87. The molecule has 0 bridgehead atoms. The molecule has 3 rings (SSSR count). The topological polar surface area (TPSA) is 42.0 Å². The molecule has 1 N–H and O–H groups in total. The van der Waals surface area contributed by atoms with E-state index in [9.17, 15) is 4.79 Å². The van der Waals surface area contributed by atoms with Crippen molar-refractivity contribution in [1.82, 2.24) is 4.98 Å². The summed E-state index contributed by atoms with van der Waals surface area (Å²) >= 11 is 5.02. The number of aromatic nitrogens is 1. The van der Waals surface area contributed by atoms with E-state index in [0.717, 1.165) is 40.1 Å². The van der Waals surface area contributed by atoms with E-state index >= 15 is 0 Å². The molecule has 1 aromatic carbocycles. The zero-order valence-electron chi connectivity index (χ0n) is 11.1. The third-order valence-electron chi connectivity index (χ3n) is 3.31. The van der Waals surface area contributed by atoms with Crippen LogP contribution in [0, 0.1) is 5.92 Å². The summed E-state index contributed by atoms with van der Waals surface area (Å²) in [6, 6.07) is 8.11. The normalized spacial score (nSPS) is 14.3. The molecule has 1 aliphatic rings. The Bertz CT molecular complexity index is 632. The van der Waals surface area contributed by atoms with Gasteiger partial charge in [0, 0.05) is 20.8 Å². The van der Waals surface area contributed by atoms with Gasteiger partial charge in [0.25, 0.3) is 0 Å². The fourth-order valence-electron chi connectivity index (χ4n) is 2.03. The molecule has 0 radical (unpaired) electrons. The molecule has 1 saturated carbocycles. The molecule has 0 atom stereocenters. The summed E-state index contributed by atoms with van der Waals surface area (Å²) in [5.74, 6) is 0.323. The van der Waals surface area contributed by atoms with Gasteiger partial charge in [0.15, 0.2) is 5.13 Å². The van der Waals surface area contributed by atoms with Crippen LogP contribution in [-0.4, -0.2) is 10.9 Å². The van der Waals surface area contributed by atoms with Crippen LogP contribution in [0.3, 0.4) is 0 Å². The van der Waals surface area contributed by atoms with E-state index in [-0.39, 0.29) is 11.8 Å². The Morgan fingerprint density at radius 1 is 1.40 bits per heavy atom. The number of carbonyl (C=O) groups excluding carboxylic acids is 1. The minimum Gasteiger partial charge on any atom is -0.302 e. The molecule has 1 aromatic heterocycles. The van der Waals surface area contributed by atoms with Crippen LogP contribution in [0.25, 0.3) is 11.3 Å². The van der Waals surface area contributed by atoms with Gasteiger partial charge in [0.1, 0.15) is 0 Å². The number of hydrogen-bond donors (Lipinski definition) is 1. The van der Waals surface area contributed by atoms with Crippen molar-refractivity contribution in [3.8, 4) is 11.3 Å². The number of halogens is 1. The number of rotatable bonds is 4. The van der Waals surface area contributed by atoms with Gasteiger partial charge in [-0.15, -0.1) is 11.3 Å². The van der Waals surface area contributed by atoms with Crippen LogP contribution in [0.4, 0.5) is 5.13 Å². The van der Waals surface area contributed by atoms with Crippen molar-refractivity contribution >= 4 is 38.3 Å². The molecular weight excluding hydrogens is 336 g/mol. The summed E-state index contributed by atoms with van der Waals surface area (Å²) < 4.78 is 1.05. The maximum absolute atomic E-state index is 11.8. The van der Waals surface area contributed by atoms with Gasteiger partial charge in [-0.1, -0.05) is 35.0 Å². The Labute approximate surface area is 130 Å². The van der Waals surface area contributed by atoms with Gasteiger partial charge in [-0.2, -0.15) is 0 Å². The first-order chi connectivity index (χ1) is 9.67. The zero-order valence-corrected chi connectivity index (χ0v) is 13.6. The first-order valence-electron chi connectivity index (χ1n) is 6.74. The van der Waals surface area contributed by atoms with Crippen LogP contribution in [0.1, 0.15) is 24.6 Å². The van der Waals surface area contributed by atoms with Crippen molar-refractivity contribution in [2.75, 3.05) is 5.32 Å². The first kappa shape index (κ1) is 13.8. The summed E-state index contributed by atoms with van der Waals surface area (Å²) in [5.41, 5.74) is 2.07. The number of nitrogens with zero attached hydrogens (tertiary/aromatic N) is 1. The maximum Gasteiger partial charge on any atom is 0.229 e. The minimum absolute atomic E-state index is 0.115. The van der Waals surface area contributed by atoms with E-state index in [1.165, 1.54) is 4.88 Å². The monoisotopic (exact) mass is 350 g/mol. The zero-order chi connectivity index (χ0) is 14.1. The second-order valence-corrected chi connectivity index (χ2v) is 6.91. The third kappa shape index (κ3) is 2.94. The lowest BCUT2D eigenvalue weighted by Crippen LogP contribution is -2.12. The van der Waals surface area contributed by atoms with Crippen molar-refractivity contribution in [2.24, 2.45) is 5.92 Å². The molecule has 5 heteroatoms. The van der Waals surface area contributed by atoms with Crippen molar-refractivity contribution in [3.05, 3.63) is 33.6 Å². The lowest BCUT2D eigenvalue weighted by molar-refractivity contribution is -0.117. The second kappa shape index (κ2) is 5.66. The molecule has 3 nitrogen and oxygen atoms in total. The standard InChI is InChI=1S/C15H15BrN2OS/c1-2-12-13(9-5-7-11(16)8-6-9)17-15(20-12)18-14(19)10-3-4-10/h5-8,10H,2-4H2,1H3,(H,17,18,19). The van der Waals surface area contributed by atoms with Gasteiger partial charge in [-0.05, 0) is 31.4 Å². The number of carbonyl (C=O) groups is 1. The Hall–Kier alpha value is -1.20. The average Bonchev–Trinajstić information content (AvgIpc) is 3.22. The smallest absolute Gasteiger partial charge is 0.229 e. The molecule has 0 spiro atoms. The number of hydrogen-bond acceptors (Lipinski definition) is 3. The lowest BCUT2D eigenvalue weighted by Gasteiger charge is -2.00. The van der Waals surface area contributed by atoms with Crippen LogP contribution in [0.2, 0.25) is 0 Å². The maximum atomic E-state index is 11.8. The molecule has 0 aliphatic heterocycles. The fraction of sp³-hybridized carbons (Fsp3) is 0.333. The van der Waals surface area contributed by atoms with Gasteiger partial charge in [-0.25, -0.2) is 4.98 Å². The third-order valence-corrected chi connectivity index (χ3v) is 4.96. The summed E-state index contributed by atoms with van der Waals surface area (Å²) in [6.45, 7) is 2.11. The molecule has 0 saturated heterocycles. The van der Waals surface area contributed by atoms with E-state index in [2.05, 4.69) is 33.2 Å². The molecule has 2 aromatic rings. The summed E-state index contributed by atoms with van der Waals surface area (Å²) in [4.78, 5) is 17.6. The largest absolute Gasteiger partial charge is 0.302 e. The van der Waals surface area contributed by atoms with Crippen LogP contribution < -0.4 is 5.32 Å². The number of aryl methyl sites for hydroxylation is 1. The lowest BCUT2D eigenvalue weighted by atomic mass is 10.1. The predicted molar refractivity (Wildman–Crippen MR) is 86.0 cm³/mol. The Morgan fingerprint density at radius 2 is 2.10 bits per heavy atom. The van der Waals surface area contributed by atoms with Gasteiger partial charge >= 0.3 is 0 Å². The van der Waals surface area contributed by atoms with Crippen molar-refractivity contribution in [2.45, 2.75) is 26.2 Å². The van der Waals surface area contributed by atoms with Crippen molar-refractivity contribution in [1.29, 1.82) is 0 Å². The SMILES string of the molecule is CCc1sc(NC(=O)C2CC2)nc1-c1ccc(Br)cc1. The first-order valence-corrected chi connectivity index (χ1v) is 8.35. The van der Waals surface area contributed by atoms with Crippen LogP contribution in [0.15, 0.2) is 28.7 Å². The van der Waals surface area contributed by atoms with Crippen molar-refractivity contribution in [3.63, 3.8) is 0 Å². The molecule has 1 aliphatic carbocycles. The summed E-state index contributed by atoms with van der Waals surface area (Å²) in [5, 5.41) is 3.66. The average molecular weight is 351 g/mol. The van der Waals surface area contributed by atoms with Crippen LogP contribution in [0.5, 0.6) is 0 Å². The molecule has 1 heterocycles. The molecule has 1 fully saturated rings. The summed E-state index contributed by atoms with van der Waals surface area (Å²) in [6.07, 6.45) is 2.94. The number of nitrogens with one attached hydrogen (secondary N) is 1. The van der Waals surface area contributed by atoms with Gasteiger partial charge < -0.3 is 5.32 Å². The molecule has 0 unspecified atom stereocenters. The number of amides is 1. The van der Waals surface area contributed by atoms with Crippen LogP contribution >= 0.6 is 27.3 Å². The highest BCUT2D eigenvalue weighted by atomic mass is 79.9. The minimum atomic E-state index is 0.115. The van der Waals surface area contributed by atoms with E-state index in [1.807, 2.05) is 24.3 Å². The molecule has 104 valence electrons. The van der Waals surface area contributed by atoms with Gasteiger partial charge in [-0.3, -0.25) is 4.79 Å². The Kier molecular flexibility index (Phi) is 3.89.